The van der Waals surface area contributed by atoms with E-state index in [9.17, 15) is 4.79 Å². The fraction of sp³-hybridized carbons (Fsp3) is 0.364. The van der Waals surface area contributed by atoms with E-state index < -0.39 is 0 Å². The number of furan rings is 1. The highest BCUT2D eigenvalue weighted by molar-refractivity contribution is 5.87. The highest BCUT2D eigenvalue weighted by atomic mass is 16.5. The lowest BCUT2D eigenvalue weighted by atomic mass is 10.1. The van der Waals surface area contributed by atoms with Gasteiger partial charge in [0.1, 0.15) is 11.5 Å². The summed E-state index contributed by atoms with van der Waals surface area (Å²) in [5, 5.41) is 4.14. The first-order valence-corrected chi connectivity index (χ1v) is 9.68. The van der Waals surface area contributed by atoms with Crippen molar-refractivity contribution in [2.75, 3.05) is 32.8 Å². The smallest absolute Gasteiger partial charge is 0.224 e. The maximum atomic E-state index is 12.7. The van der Waals surface area contributed by atoms with E-state index in [0.29, 0.717) is 26.2 Å². The minimum Gasteiger partial charge on any atom is -0.465 e. The van der Waals surface area contributed by atoms with Crippen molar-refractivity contribution in [2.45, 2.75) is 19.4 Å². The Kier molecular flexibility index (Phi) is 5.69. The van der Waals surface area contributed by atoms with Crippen LogP contribution < -0.4 is 5.32 Å². The quantitative estimate of drug-likeness (QED) is 0.713. The molecule has 2 aromatic heterocycles. The Morgan fingerprint density at radius 3 is 2.79 bits per heavy atom. The van der Waals surface area contributed by atoms with Crippen LogP contribution >= 0.6 is 0 Å². The monoisotopic (exact) mass is 379 g/mol. The minimum absolute atomic E-state index is 0.00666. The number of para-hydroxylation sites is 1. The average molecular weight is 379 g/mol. The largest absolute Gasteiger partial charge is 0.465 e. The fourth-order valence-corrected chi connectivity index (χ4v) is 3.69. The summed E-state index contributed by atoms with van der Waals surface area (Å²) in [6.07, 6.45) is 2.07. The lowest BCUT2D eigenvalue weighted by Gasteiger charge is -2.33. The molecule has 146 valence electrons. The molecular formula is C22H25N3O3. The van der Waals surface area contributed by atoms with E-state index in [1.54, 1.807) is 6.20 Å². The Bertz CT molecular complexity index is 942. The van der Waals surface area contributed by atoms with E-state index >= 15 is 0 Å². The molecule has 4 rings (SSSR count). The van der Waals surface area contributed by atoms with Gasteiger partial charge in [0.2, 0.25) is 5.91 Å². The number of ether oxygens (including phenoxy) is 1. The molecule has 6 heteroatoms. The molecular weight excluding hydrogens is 354 g/mol. The van der Waals surface area contributed by atoms with Gasteiger partial charge in [0.15, 0.2) is 0 Å². The van der Waals surface area contributed by atoms with Crippen LogP contribution in [0.3, 0.4) is 0 Å². The molecule has 0 aliphatic carbocycles. The van der Waals surface area contributed by atoms with Gasteiger partial charge < -0.3 is 14.5 Å². The molecule has 1 aliphatic rings. The molecule has 1 atom stereocenters. The van der Waals surface area contributed by atoms with E-state index in [-0.39, 0.29) is 11.9 Å². The lowest BCUT2D eigenvalue weighted by molar-refractivity contribution is -0.120. The van der Waals surface area contributed by atoms with E-state index in [1.807, 2.05) is 49.4 Å². The van der Waals surface area contributed by atoms with Crippen molar-refractivity contribution in [1.82, 2.24) is 15.2 Å². The van der Waals surface area contributed by atoms with E-state index in [1.165, 1.54) is 0 Å². The second-order valence-electron chi connectivity index (χ2n) is 7.09. The maximum Gasteiger partial charge on any atom is 0.224 e. The predicted molar refractivity (Wildman–Crippen MR) is 107 cm³/mol. The van der Waals surface area contributed by atoms with Crippen molar-refractivity contribution in [3.8, 4) is 0 Å². The molecule has 1 unspecified atom stereocenters. The number of fused-ring (bicyclic) bond motifs is 1. The summed E-state index contributed by atoms with van der Waals surface area (Å²) >= 11 is 0. The topological polar surface area (TPSA) is 67.6 Å². The molecule has 0 radical (unpaired) electrons. The molecule has 3 heterocycles. The third-order valence-electron chi connectivity index (χ3n) is 5.14. The normalized spacial score (nSPS) is 16.2. The van der Waals surface area contributed by atoms with Gasteiger partial charge in [-0.15, -0.1) is 0 Å². The van der Waals surface area contributed by atoms with Gasteiger partial charge in [0, 0.05) is 31.2 Å². The van der Waals surface area contributed by atoms with Crippen LogP contribution in [-0.4, -0.2) is 48.6 Å². The Labute approximate surface area is 164 Å². The number of aromatic nitrogens is 1. The van der Waals surface area contributed by atoms with Crippen molar-refractivity contribution >= 4 is 16.8 Å². The van der Waals surface area contributed by atoms with Crippen LogP contribution in [0.25, 0.3) is 10.9 Å². The van der Waals surface area contributed by atoms with Crippen LogP contribution in [0.4, 0.5) is 0 Å². The van der Waals surface area contributed by atoms with E-state index in [0.717, 1.165) is 41.1 Å². The number of aryl methyl sites for hydroxylation is 1. The Balaban J connectivity index is 1.45. The molecule has 1 amide bonds. The summed E-state index contributed by atoms with van der Waals surface area (Å²) in [5.41, 5.74) is 1.82. The van der Waals surface area contributed by atoms with Gasteiger partial charge in [-0.2, -0.15) is 0 Å². The second kappa shape index (κ2) is 8.54. The van der Waals surface area contributed by atoms with Gasteiger partial charge in [0.05, 0.1) is 31.2 Å². The zero-order chi connectivity index (χ0) is 19.3. The summed E-state index contributed by atoms with van der Waals surface area (Å²) in [7, 11) is 0. The molecule has 28 heavy (non-hydrogen) atoms. The van der Waals surface area contributed by atoms with Crippen LogP contribution in [0.15, 0.2) is 53.1 Å². The van der Waals surface area contributed by atoms with Gasteiger partial charge in [-0.1, -0.05) is 24.3 Å². The summed E-state index contributed by atoms with van der Waals surface area (Å²) < 4.78 is 11.3. The van der Waals surface area contributed by atoms with E-state index in [2.05, 4.69) is 15.2 Å². The number of benzene rings is 1. The average Bonchev–Trinajstić information content (AvgIpc) is 3.15. The Morgan fingerprint density at radius 1 is 1.18 bits per heavy atom. The molecule has 0 bridgehead atoms. The molecule has 1 aromatic carbocycles. The standard InChI is InChI=1S/C22H25N3O3/c1-16-7-8-20(28-16)19(25-10-12-27-13-11-25)15-24-21(26)14-18-5-2-4-17-6-3-9-23-22(17)18/h2-9,19H,10-15H2,1H3,(H,24,26). The summed E-state index contributed by atoms with van der Waals surface area (Å²) in [5.74, 6) is 1.74. The van der Waals surface area contributed by atoms with Crippen molar-refractivity contribution in [1.29, 1.82) is 0 Å². The Hall–Kier alpha value is -2.70. The molecule has 3 aromatic rings. The number of hydrogen-bond donors (Lipinski definition) is 1. The minimum atomic E-state index is -0.0142. The molecule has 6 nitrogen and oxygen atoms in total. The first kappa shape index (κ1) is 18.7. The molecule has 1 fully saturated rings. The van der Waals surface area contributed by atoms with Crippen LogP contribution in [0.5, 0.6) is 0 Å². The number of carbonyl (C=O) groups is 1. The number of nitrogens with zero attached hydrogens (tertiary/aromatic N) is 2. The SMILES string of the molecule is Cc1ccc(C(CNC(=O)Cc2cccc3cccnc23)N2CCOCC2)o1. The zero-order valence-electron chi connectivity index (χ0n) is 16.1. The molecule has 1 aliphatic heterocycles. The number of nitrogens with one attached hydrogen (secondary N) is 1. The molecule has 1 N–H and O–H groups in total. The van der Waals surface area contributed by atoms with Crippen molar-refractivity contribution in [3.05, 3.63) is 65.7 Å². The molecule has 1 saturated heterocycles. The lowest BCUT2D eigenvalue weighted by Crippen LogP contribution is -2.44. The number of morpholine rings is 1. The molecule has 0 spiro atoms. The van der Waals surface area contributed by atoms with Crippen LogP contribution in [0, 0.1) is 6.92 Å². The Morgan fingerprint density at radius 2 is 2.00 bits per heavy atom. The van der Waals surface area contributed by atoms with Gasteiger partial charge in [0.25, 0.3) is 0 Å². The number of amides is 1. The van der Waals surface area contributed by atoms with Gasteiger partial charge in [-0.25, -0.2) is 0 Å². The predicted octanol–water partition coefficient (Wildman–Crippen LogP) is 2.87. The summed E-state index contributed by atoms with van der Waals surface area (Å²) in [6, 6.07) is 13.8. The van der Waals surface area contributed by atoms with Crippen molar-refractivity contribution in [3.63, 3.8) is 0 Å². The van der Waals surface area contributed by atoms with Crippen molar-refractivity contribution in [2.24, 2.45) is 0 Å². The highest BCUT2D eigenvalue weighted by Crippen LogP contribution is 2.23. The third kappa shape index (κ3) is 4.24. The van der Waals surface area contributed by atoms with Gasteiger partial charge >= 0.3 is 0 Å². The summed E-state index contributed by atoms with van der Waals surface area (Å²) in [6.45, 7) is 5.49. The third-order valence-corrected chi connectivity index (χ3v) is 5.14. The number of carbonyl (C=O) groups excluding carboxylic acids is 1. The van der Waals surface area contributed by atoms with Gasteiger partial charge in [-0.05, 0) is 30.7 Å². The van der Waals surface area contributed by atoms with Crippen molar-refractivity contribution < 1.29 is 13.9 Å². The molecule has 0 saturated carbocycles. The van der Waals surface area contributed by atoms with Crippen LogP contribution in [0.1, 0.15) is 23.1 Å². The number of hydrogen-bond acceptors (Lipinski definition) is 5. The summed E-state index contributed by atoms with van der Waals surface area (Å²) in [4.78, 5) is 19.4. The van der Waals surface area contributed by atoms with Crippen LogP contribution in [0.2, 0.25) is 0 Å². The van der Waals surface area contributed by atoms with Gasteiger partial charge in [-0.3, -0.25) is 14.7 Å². The maximum absolute atomic E-state index is 12.7. The highest BCUT2D eigenvalue weighted by Gasteiger charge is 2.25. The second-order valence-corrected chi connectivity index (χ2v) is 7.09. The van der Waals surface area contributed by atoms with E-state index in [4.69, 9.17) is 9.15 Å². The number of rotatable bonds is 6. The van der Waals surface area contributed by atoms with Crippen LogP contribution in [-0.2, 0) is 16.0 Å². The fourth-order valence-electron chi connectivity index (χ4n) is 3.69. The zero-order valence-corrected chi connectivity index (χ0v) is 16.1. The first-order valence-electron chi connectivity index (χ1n) is 9.68. The number of pyridine rings is 1. The first-order chi connectivity index (χ1) is 13.7.